The standard InChI is InChI=1S/C22H17F4N3O3/c23-17-9-8-13(22(24,25)26)11-18(17)27-19(30)12-4-3-5-14(10-12)29-21(32)16-7-2-1-6-15(16)20(31)28-29/h1-5,8-11,15-16H,6-7H2,(H,27,30)(H,28,31)/t15-,16+/m1/s1. The Hall–Kier alpha value is -3.69. The van der Waals surface area contributed by atoms with E-state index in [1.807, 2.05) is 12.2 Å². The number of hydrogen-bond donors (Lipinski definition) is 2. The van der Waals surface area contributed by atoms with E-state index in [2.05, 4.69) is 10.7 Å². The molecule has 0 saturated carbocycles. The monoisotopic (exact) mass is 447 g/mol. The van der Waals surface area contributed by atoms with Gasteiger partial charge in [-0.15, -0.1) is 0 Å². The molecule has 0 unspecified atom stereocenters. The molecular formula is C22H17F4N3O3. The highest BCUT2D eigenvalue weighted by molar-refractivity contribution is 6.07. The van der Waals surface area contributed by atoms with Gasteiger partial charge < -0.3 is 5.32 Å². The van der Waals surface area contributed by atoms with Gasteiger partial charge in [-0.05, 0) is 49.2 Å². The van der Waals surface area contributed by atoms with E-state index in [1.54, 1.807) is 0 Å². The zero-order valence-corrected chi connectivity index (χ0v) is 16.4. The molecule has 3 amide bonds. The summed E-state index contributed by atoms with van der Waals surface area (Å²) in [5, 5.41) is 3.18. The maximum absolute atomic E-state index is 14.0. The first-order valence-corrected chi connectivity index (χ1v) is 9.73. The Morgan fingerprint density at radius 3 is 2.47 bits per heavy atom. The van der Waals surface area contributed by atoms with Crippen LogP contribution in [-0.4, -0.2) is 17.7 Å². The molecule has 1 heterocycles. The Kier molecular flexibility index (Phi) is 5.45. The van der Waals surface area contributed by atoms with Crippen molar-refractivity contribution < 1.29 is 31.9 Å². The van der Waals surface area contributed by atoms with Crippen molar-refractivity contribution in [3.8, 4) is 0 Å². The van der Waals surface area contributed by atoms with E-state index in [0.29, 0.717) is 31.0 Å². The Morgan fingerprint density at radius 2 is 1.75 bits per heavy atom. The van der Waals surface area contributed by atoms with Crippen molar-refractivity contribution >= 4 is 29.1 Å². The van der Waals surface area contributed by atoms with Crippen molar-refractivity contribution in [2.45, 2.75) is 19.0 Å². The number of rotatable bonds is 3. The van der Waals surface area contributed by atoms with Crippen molar-refractivity contribution in [1.29, 1.82) is 0 Å². The summed E-state index contributed by atoms with van der Waals surface area (Å²) in [6.45, 7) is 0. The summed E-state index contributed by atoms with van der Waals surface area (Å²) >= 11 is 0. The summed E-state index contributed by atoms with van der Waals surface area (Å²) in [5.41, 5.74) is 0.951. The molecule has 1 aliphatic carbocycles. The van der Waals surface area contributed by atoms with Gasteiger partial charge in [0, 0.05) is 5.56 Å². The van der Waals surface area contributed by atoms with Crippen molar-refractivity contribution in [1.82, 2.24) is 5.43 Å². The highest BCUT2D eigenvalue weighted by atomic mass is 19.4. The van der Waals surface area contributed by atoms with Gasteiger partial charge in [0.25, 0.3) is 5.91 Å². The van der Waals surface area contributed by atoms with Crippen molar-refractivity contribution in [3.63, 3.8) is 0 Å². The SMILES string of the molecule is O=C(Nc1cc(C(F)(F)F)ccc1F)c1cccc(N2NC(=O)[C@@H]3CC=CC[C@@H]3C2=O)c1. The highest BCUT2D eigenvalue weighted by Crippen LogP contribution is 2.33. The molecule has 10 heteroatoms. The van der Waals surface area contributed by atoms with Gasteiger partial charge >= 0.3 is 6.18 Å². The van der Waals surface area contributed by atoms with Crippen LogP contribution >= 0.6 is 0 Å². The predicted molar refractivity (Wildman–Crippen MR) is 107 cm³/mol. The van der Waals surface area contributed by atoms with Crippen molar-refractivity contribution in [2.75, 3.05) is 10.3 Å². The van der Waals surface area contributed by atoms with Crippen molar-refractivity contribution in [2.24, 2.45) is 11.8 Å². The average Bonchev–Trinajstić information content (AvgIpc) is 2.77. The molecule has 6 nitrogen and oxygen atoms in total. The molecule has 32 heavy (non-hydrogen) atoms. The van der Waals surface area contributed by atoms with Crippen LogP contribution in [0.25, 0.3) is 0 Å². The third-order valence-corrected chi connectivity index (χ3v) is 5.44. The first-order chi connectivity index (χ1) is 15.1. The molecule has 0 spiro atoms. The summed E-state index contributed by atoms with van der Waals surface area (Å²) in [6, 6.07) is 7.28. The number of fused-ring (bicyclic) bond motifs is 1. The van der Waals surface area contributed by atoms with Crippen LogP contribution in [0.3, 0.4) is 0 Å². The normalized spacial score (nSPS) is 20.6. The molecule has 0 aromatic heterocycles. The second-order valence-electron chi connectivity index (χ2n) is 7.50. The number of carbonyl (C=O) groups is 3. The van der Waals surface area contributed by atoms with Gasteiger partial charge in [-0.2, -0.15) is 13.2 Å². The second-order valence-corrected chi connectivity index (χ2v) is 7.50. The number of hydrazine groups is 1. The number of anilines is 2. The quantitative estimate of drug-likeness (QED) is 0.550. The Morgan fingerprint density at radius 1 is 1.03 bits per heavy atom. The van der Waals surface area contributed by atoms with Gasteiger partial charge in [0.05, 0.1) is 28.8 Å². The summed E-state index contributed by atoms with van der Waals surface area (Å²) in [6.07, 6.45) is -0.138. The van der Waals surface area contributed by atoms with E-state index in [4.69, 9.17) is 0 Å². The second kappa shape index (κ2) is 8.10. The molecule has 1 aliphatic heterocycles. The van der Waals surface area contributed by atoms with Crippen LogP contribution in [0.5, 0.6) is 0 Å². The molecule has 2 aliphatic rings. The molecule has 4 rings (SSSR count). The molecule has 1 saturated heterocycles. The molecule has 2 N–H and O–H groups in total. The maximum Gasteiger partial charge on any atom is 0.416 e. The third-order valence-electron chi connectivity index (χ3n) is 5.44. The van der Waals surface area contributed by atoms with Crippen LogP contribution in [0, 0.1) is 17.7 Å². The lowest BCUT2D eigenvalue weighted by atomic mass is 9.80. The van der Waals surface area contributed by atoms with Gasteiger partial charge in [-0.3, -0.25) is 19.8 Å². The van der Waals surface area contributed by atoms with E-state index in [1.165, 1.54) is 24.3 Å². The third kappa shape index (κ3) is 4.08. The lowest BCUT2D eigenvalue weighted by molar-refractivity contribution is -0.140. The minimum absolute atomic E-state index is 0.0352. The molecule has 2 atom stereocenters. The zero-order chi connectivity index (χ0) is 23.0. The fourth-order valence-corrected chi connectivity index (χ4v) is 3.76. The predicted octanol–water partition coefficient (Wildman–Crippen LogP) is 4.06. The van der Waals surface area contributed by atoms with Gasteiger partial charge in [-0.1, -0.05) is 18.2 Å². The number of hydrogen-bond acceptors (Lipinski definition) is 3. The molecular weight excluding hydrogens is 430 g/mol. The van der Waals surface area contributed by atoms with Crippen LogP contribution in [0.4, 0.5) is 28.9 Å². The summed E-state index contributed by atoms with van der Waals surface area (Å²) in [4.78, 5) is 37.9. The number of amides is 3. The molecule has 0 bridgehead atoms. The fraction of sp³-hybridized carbons (Fsp3) is 0.227. The minimum atomic E-state index is -4.70. The number of carbonyl (C=O) groups excluding carboxylic acids is 3. The van der Waals surface area contributed by atoms with Crippen LogP contribution in [-0.2, 0) is 15.8 Å². The highest BCUT2D eigenvalue weighted by Gasteiger charge is 2.42. The number of benzene rings is 2. The van der Waals surface area contributed by atoms with Crippen LogP contribution < -0.4 is 15.8 Å². The van der Waals surface area contributed by atoms with Crippen molar-refractivity contribution in [3.05, 3.63) is 71.6 Å². The minimum Gasteiger partial charge on any atom is -0.319 e. The average molecular weight is 447 g/mol. The summed E-state index contributed by atoms with van der Waals surface area (Å²) < 4.78 is 52.7. The number of nitrogens with zero attached hydrogens (tertiary/aromatic N) is 1. The number of allylic oxidation sites excluding steroid dienone is 2. The smallest absolute Gasteiger partial charge is 0.319 e. The van der Waals surface area contributed by atoms with E-state index in [9.17, 15) is 31.9 Å². The fourth-order valence-electron chi connectivity index (χ4n) is 3.76. The lowest BCUT2D eigenvalue weighted by Crippen LogP contribution is -2.59. The van der Waals surface area contributed by atoms with Gasteiger partial charge in [0.1, 0.15) is 5.82 Å². The molecule has 166 valence electrons. The van der Waals surface area contributed by atoms with Gasteiger partial charge in [-0.25, -0.2) is 9.40 Å². The number of alkyl halides is 3. The Labute approximate surface area is 179 Å². The van der Waals surface area contributed by atoms with E-state index < -0.39 is 41.0 Å². The molecule has 2 aromatic carbocycles. The lowest BCUT2D eigenvalue weighted by Gasteiger charge is -2.38. The topological polar surface area (TPSA) is 78.5 Å². The van der Waals surface area contributed by atoms with Gasteiger partial charge in [0.2, 0.25) is 11.8 Å². The first kappa shape index (κ1) is 21.5. The maximum atomic E-state index is 14.0. The van der Waals surface area contributed by atoms with Crippen LogP contribution in [0.1, 0.15) is 28.8 Å². The number of halogens is 4. The van der Waals surface area contributed by atoms with E-state index >= 15 is 0 Å². The molecule has 2 aromatic rings. The molecule has 0 radical (unpaired) electrons. The van der Waals surface area contributed by atoms with Crippen LogP contribution in [0.15, 0.2) is 54.6 Å². The first-order valence-electron chi connectivity index (χ1n) is 9.73. The Bertz CT molecular complexity index is 1130. The van der Waals surface area contributed by atoms with Gasteiger partial charge in [0.15, 0.2) is 0 Å². The van der Waals surface area contributed by atoms with E-state index in [-0.39, 0.29) is 23.1 Å². The largest absolute Gasteiger partial charge is 0.416 e. The number of nitrogens with one attached hydrogen (secondary N) is 2. The Balaban J connectivity index is 1.57. The molecule has 1 fully saturated rings. The summed E-state index contributed by atoms with van der Waals surface area (Å²) in [5.74, 6) is -3.54. The van der Waals surface area contributed by atoms with E-state index in [0.717, 1.165) is 5.01 Å². The zero-order valence-electron chi connectivity index (χ0n) is 16.4. The van der Waals surface area contributed by atoms with Crippen LogP contribution in [0.2, 0.25) is 0 Å². The summed E-state index contributed by atoms with van der Waals surface area (Å²) in [7, 11) is 0.